The Morgan fingerprint density at radius 2 is 1.62 bits per heavy atom. The first-order valence-corrected chi connectivity index (χ1v) is 8.39. The third-order valence-corrected chi connectivity index (χ3v) is 4.65. The summed E-state index contributed by atoms with van der Waals surface area (Å²) < 4.78 is 0. The molecule has 1 aliphatic heterocycles. The van der Waals surface area contributed by atoms with E-state index in [1.54, 1.807) is 0 Å². The van der Waals surface area contributed by atoms with Crippen LogP contribution in [0, 0.1) is 5.92 Å². The van der Waals surface area contributed by atoms with Gasteiger partial charge in [-0.1, -0.05) is 36.4 Å². The lowest BCUT2D eigenvalue weighted by Crippen LogP contribution is -2.50. The van der Waals surface area contributed by atoms with Gasteiger partial charge in [-0.25, -0.2) is 0 Å². The van der Waals surface area contributed by atoms with Gasteiger partial charge < -0.3 is 10.2 Å². The molecule has 1 heterocycles. The van der Waals surface area contributed by atoms with Crippen LogP contribution in [0.2, 0.25) is 0 Å². The second-order valence-corrected chi connectivity index (χ2v) is 6.21. The summed E-state index contributed by atoms with van der Waals surface area (Å²) in [7, 11) is 0. The average molecular weight is 322 g/mol. The summed E-state index contributed by atoms with van der Waals surface area (Å²) in [5, 5.41) is 2.96. The number of rotatable bonds is 3. The van der Waals surface area contributed by atoms with Gasteiger partial charge in [0, 0.05) is 23.8 Å². The van der Waals surface area contributed by atoms with E-state index in [1.807, 2.05) is 72.5 Å². The molecule has 3 rings (SSSR count). The molecule has 4 nitrogen and oxygen atoms in total. The van der Waals surface area contributed by atoms with Crippen molar-refractivity contribution in [2.75, 3.05) is 11.9 Å². The van der Waals surface area contributed by atoms with Crippen molar-refractivity contribution in [2.45, 2.75) is 25.8 Å². The number of carbonyl (C=O) groups excluding carboxylic acids is 2. The Morgan fingerprint density at radius 3 is 2.29 bits per heavy atom. The van der Waals surface area contributed by atoms with Crippen molar-refractivity contribution in [3.63, 3.8) is 0 Å². The summed E-state index contributed by atoms with van der Waals surface area (Å²) >= 11 is 0. The zero-order chi connectivity index (χ0) is 16.9. The molecular weight excluding hydrogens is 300 g/mol. The molecule has 1 N–H and O–H groups in total. The highest BCUT2D eigenvalue weighted by atomic mass is 16.2. The highest BCUT2D eigenvalue weighted by molar-refractivity contribution is 5.96. The highest BCUT2D eigenvalue weighted by Crippen LogP contribution is 2.26. The lowest BCUT2D eigenvalue weighted by Gasteiger charge is -2.38. The highest BCUT2D eigenvalue weighted by Gasteiger charge is 2.35. The Bertz CT molecular complexity index is 700. The van der Waals surface area contributed by atoms with Crippen molar-refractivity contribution >= 4 is 17.5 Å². The zero-order valence-electron chi connectivity index (χ0n) is 13.8. The van der Waals surface area contributed by atoms with Gasteiger partial charge in [-0.3, -0.25) is 9.59 Å². The van der Waals surface area contributed by atoms with Gasteiger partial charge in [0.2, 0.25) is 5.91 Å². The summed E-state index contributed by atoms with van der Waals surface area (Å²) in [6.45, 7) is 2.67. The fraction of sp³-hybridized carbons (Fsp3) is 0.300. The van der Waals surface area contributed by atoms with Crippen molar-refractivity contribution in [2.24, 2.45) is 5.92 Å². The van der Waals surface area contributed by atoms with Crippen molar-refractivity contribution in [3.05, 3.63) is 66.2 Å². The van der Waals surface area contributed by atoms with Gasteiger partial charge in [-0.2, -0.15) is 0 Å². The minimum Gasteiger partial charge on any atom is -0.335 e. The van der Waals surface area contributed by atoms with Crippen LogP contribution in [0.15, 0.2) is 60.7 Å². The molecule has 0 radical (unpaired) electrons. The van der Waals surface area contributed by atoms with Crippen molar-refractivity contribution < 1.29 is 9.59 Å². The van der Waals surface area contributed by atoms with E-state index in [1.165, 1.54) is 0 Å². The molecule has 2 amide bonds. The number of anilines is 1. The Balaban J connectivity index is 1.71. The molecule has 124 valence electrons. The van der Waals surface area contributed by atoms with Gasteiger partial charge in [0.05, 0.1) is 5.92 Å². The predicted molar refractivity (Wildman–Crippen MR) is 94.7 cm³/mol. The summed E-state index contributed by atoms with van der Waals surface area (Å²) in [6, 6.07) is 18.6. The lowest BCUT2D eigenvalue weighted by atomic mass is 9.88. The standard InChI is InChI=1S/C20H22N2O2/c1-15-18(19(23)21-17-11-6-3-7-12-17)13-8-14-22(15)20(24)16-9-4-2-5-10-16/h2-7,9-12,15,18H,8,13-14H2,1H3,(H,21,23)/t15-,18?/m0/s1. The number of carbonyl (C=O) groups is 2. The topological polar surface area (TPSA) is 49.4 Å². The maximum Gasteiger partial charge on any atom is 0.254 e. The molecule has 0 aromatic heterocycles. The van der Waals surface area contributed by atoms with Crippen molar-refractivity contribution in [1.82, 2.24) is 4.90 Å². The molecular formula is C20H22N2O2. The average Bonchev–Trinajstić information content (AvgIpc) is 2.63. The number of hydrogen-bond donors (Lipinski definition) is 1. The van der Waals surface area contributed by atoms with Crippen LogP contribution in [-0.4, -0.2) is 29.3 Å². The molecule has 1 fully saturated rings. The van der Waals surface area contributed by atoms with Gasteiger partial charge in [-0.15, -0.1) is 0 Å². The first-order valence-electron chi connectivity index (χ1n) is 8.39. The molecule has 0 aliphatic carbocycles. The van der Waals surface area contributed by atoms with Gasteiger partial charge in [0.15, 0.2) is 0 Å². The van der Waals surface area contributed by atoms with Crippen LogP contribution >= 0.6 is 0 Å². The van der Waals surface area contributed by atoms with Crippen LogP contribution in [0.4, 0.5) is 5.69 Å². The van der Waals surface area contributed by atoms with Gasteiger partial charge in [0.1, 0.15) is 0 Å². The van der Waals surface area contributed by atoms with E-state index in [9.17, 15) is 9.59 Å². The predicted octanol–water partition coefficient (Wildman–Crippen LogP) is 3.57. The number of likely N-dealkylation sites (tertiary alicyclic amines) is 1. The number of para-hydroxylation sites is 1. The Labute approximate surface area is 142 Å². The molecule has 1 saturated heterocycles. The van der Waals surface area contributed by atoms with Gasteiger partial charge in [-0.05, 0) is 44.0 Å². The molecule has 2 aromatic rings. The second-order valence-electron chi connectivity index (χ2n) is 6.21. The lowest BCUT2D eigenvalue weighted by molar-refractivity contribution is -0.122. The maximum absolute atomic E-state index is 12.7. The van der Waals surface area contributed by atoms with Crippen LogP contribution in [0.5, 0.6) is 0 Å². The Morgan fingerprint density at radius 1 is 1.00 bits per heavy atom. The number of benzene rings is 2. The normalized spacial score (nSPS) is 20.5. The second kappa shape index (κ2) is 7.30. The molecule has 4 heteroatoms. The largest absolute Gasteiger partial charge is 0.335 e. The van der Waals surface area contributed by atoms with Crippen LogP contribution in [0.25, 0.3) is 0 Å². The van der Waals surface area contributed by atoms with Crippen LogP contribution in [-0.2, 0) is 4.79 Å². The van der Waals surface area contributed by atoms with E-state index in [0.717, 1.165) is 18.5 Å². The zero-order valence-corrected chi connectivity index (χ0v) is 13.8. The number of nitrogens with one attached hydrogen (secondary N) is 1. The molecule has 1 aliphatic rings. The first-order chi connectivity index (χ1) is 11.7. The molecule has 0 saturated carbocycles. The quantitative estimate of drug-likeness (QED) is 0.939. The summed E-state index contributed by atoms with van der Waals surface area (Å²) in [5.41, 5.74) is 1.47. The Hall–Kier alpha value is -2.62. The third kappa shape index (κ3) is 3.48. The van der Waals surface area contributed by atoms with Gasteiger partial charge in [0.25, 0.3) is 5.91 Å². The number of piperidine rings is 1. The minimum atomic E-state index is -0.188. The van der Waals surface area contributed by atoms with Crippen LogP contribution < -0.4 is 5.32 Å². The number of amides is 2. The molecule has 0 bridgehead atoms. The molecule has 2 aromatic carbocycles. The molecule has 0 spiro atoms. The fourth-order valence-corrected chi connectivity index (χ4v) is 3.28. The Kier molecular flexibility index (Phi) is 4.94. The smallest absolute Gasteiger partial charge is 0.254 e. The molecule has 2 atom stereocenters. The van der Waals surface area contributed by atoms with Crippen molar-refractivity contribution in [3.8, 4) is 0 Å². The summed E-state index contributed by atoms with van der Waals surface area (Å²) in [5.74, 6) is -0.203. The van der Waals surface area contributed by atoms with Crippen molar-refractivity contribution in [1.29, 1.82) is 0 Å². The first kappa shape index (κ1) is 16.2. The third-order valence-electron chi connectivity index (χ3n) is 4.65. The fourth-order valence-electron chi connectivity index (χ4n) is 3.28. The summed E-state index contributed by atoms with van der Waals surface area (Å²) in [6.07, 6.45) is 1.65. The van der Waals surface area contributed by atoms with Crippen LogP contribution in [0.3, 0.4) is 0 Å². The van der Waals surface area contributed by atoms with E-state index < -0.39 is 0 Å². The van der Waals surface area contributed by atoms with E-state index in [-0.39, 0.29) is 23.8 Å². The van der Waals surface area contributed by atoms with Crippen LogP contribution in [0.1, 0.15) is 30.1 Å². The number of nitrogens with zero attached hydrogens (tertiary/aromatic N) is 1. The maximum atomic E-state index is 12.7. The molecule has 24 heavy (non-hydrogen) atoms. The van der Waals surface area contributed by atoms with E-state index in [0.29, 0.717) is 12.1 Å². The van der Waals surface area contributed by atoms with E-state index in [4.69, 9.17) is 0 Å². The monoisotopic (exact) mass is 322 g/mol. The van der Waals surface area contributed by atoms with E-state index >= 15 is 0 Å². The minimum absolute atomic E-state index is 0.000288. The number of hydrogen-bond acceptors (Lipinski definition) is 2. The molecule has 1 unspecified atom stereocenters. The SMILES string of the molecule is C[C@H]1C(C(=O)Nc2ccccc2)CCCN1C(=O)c1ccccc1. The van der Waals surface area contributed by atoms with Gasteiger partial charge >= 0.3 is 0 Å². The summed E-state index contributed by atoms with van der Waals surface area (Å²) in [4.78, 5) is 27.2. The van der Waals surface area contributed by atoms with E-state index in [2.05, 4.69) is 5.32 Å².